The SMILES string of the molecule is CCCNCc1ccccc1N1CCC(N(CC)CC)C1. The largest absolute Gasteiger partial charge is 0.370 e. The Labute approximate surface area is 130 Å². The van der Waals surface area contributed by atoms with Crippen molar-refractivity contribution in [1.29, 1.82) is 0 Å². The maximum absolute atomic E-state index is 3.53. The molecule has 2 rings (SSSR count). The van der Waals surface area contributed by atoms with E-state index in [1.807, 2.05) is 0 Å². The van der Waals surface area contributed by atoms with Gasteiger partial charge >= 0.3 is 0 Å². The Bertz CT molecular complexity index is 415. The fraction of sp³-hybridized carbons (Fsp3) is 0.667. The fourth-order valence-corrected chi connectivity index (χ4v) is 3.37. The summed E-state index contributed by atoms with van der Waals surface area (Å²) in [5.41, 5.74) is 2.86. The highest BCUT2D eigenvalue weighted by Crippen LogP contribution is 2.26. The van der Waals surface area contributed by atoms with Gasteiger partial charge < -0.3 is 10.2 Å². The summed E-state index contributed by atoms with van der Waals surface area (Å²) in [7, 11) is 0. The van der Waals surface area contributed by atoms with E-state index in [9.17, 15) is 0 Å². The van der Waals surface area contributed by atoms with Crippen LogP contribution in [0.5, 0.6) is 0 Å². The zero-order valence-electron chi connectivity index (χ0n) is 13.9. The number of benzene rings is 1. The Kier molecular flexibility index (Phi) is 6.52. The van der Waals surface area contributed by atoms with E-state index in [1.54, 1.807) is 0 Å². The third kappa shape index (κ3) is 4.21. The van der Waals surface area contributed by atoms with Crippen molar-refractivity contribution in [2.24, 2.45) is 0 Å². The molecular weight excluding hydrogens is 258 g/mol. The Morgan fingerprint density at radius 2 is 1.95 bits per heavy atom. The van der Waals surface area contributed by atoms with Gasteiger partial charge in [0.2, 0.25) is 0 Å². The molecule has 1 atom stereocenters. The Balaban J connectivity index is 2.02. The van der Waals surface area contributed by atoms with Crippen molar-refractivity contribution in [3.05, 3.63) is 29.8 Å². The van der Waals surface area contributed by atoms with Gasteiger partial charge in [-0.3, -0.25) is 4.90 Å². The van der Waals surface area contributed by atoms with Gasteiger partial charge in [0.25, 0.3) is 0 Å². The average molecular weight is 289 g/mol. The monoisotopic (exact) mass is 289 g/mol. The molecule has 0 bridgehead atoms. The van der Waals surface area contributed by atoms with Crippen LogP contribution in [0, 0.1) is 0 Å². The number of hydrogen-bond donors (Lipinski definition) is 1. The van der Waals surface area contributed by atoms with Crippen LogP contribution in [0.4, 0.5) is 5.69 Å². The molecule has 1 fully saturated rings. The summed E-state index contributed by atoms with van der Waals surface area (Å²) in [6.07, 6.45) is 2.48. The summed E-state index contributed by atoms with van der Waals surface area (Å²) in [5.74, 6) is 0. The first kappa shape index (κ1) is 16.3. The van der Waals surface area contributed by atoms with Crippen LogP contribution in [0.1, 0.15) is 39.2 Å². The topological polar surface area (TPSA) is 18.5 Å². The van der Waals surface area contributed by atoms with Crippen LogP contribution < -0.4 is 10.2 Å². The van der Waals surface area contributed by atoms with Gasteiger partial charge in [0.05, 0.1) is 0 Å². The second-order valence-corrected chi connectivity index (χ2v) is 5.92. The third-order valence-corrected chi connectivity index (χ3v) is 4.57. The highest BCUT2D eigenvalue weighted by atomic mass is 15.3. The van der Waals surface area contributed by atoms with Gasteiger partial charge in [0.1, 0.15) is 0 Å². The quantitative estimate of drug-likeness (QED) is 0.742. The van der Waals surface area contributed by atoms with Crippen LogP contribution in [0.3, 0.4) is 0 Å². The highest BCUT2D eigenvalue weighted by Gasteiger charge is 2.27. The normalized spacial score (nSPS) is 18.7. The zero-order valence-corrected chi connectivity index (χ0v) is 13.9. The van der Waals surface area contributed by atoms with Crippen LogP contribution in [0.2, 0.25) is 0 Å². The molecule has 1 unspecified atom stereocenters. The second-order valence-electron chi connectivity index (χ2n) is 5.92. The Morgan fingerprint density at radius 1 is 1.19 bits per heavy atom. The summed E-state index contributed by atoms with van der Waals surface area (Å²) in [6, 6.07) is 9.60. The molecule has 0 aromatic heterocycles. The molecule has 21 heavy (non-hydrogen) atoms. The Morgan fingerprint density at radius 3 is 2.67 bits per heavy atom. The maximum Gasteiger partial charge on any atom is 0.0412 e. The molecule has 0 radical (unpaired) electrons. The standard InChI is InChI=1S/C18H31N3/c1-4-12-19-14-16-9-7-8-10-18(16)21-13-11-17(15-21)20(5-2)6-3/h7-10,17,19H,4-6,11-15H2,1-3H3. The highest BCUT2D eigenvalue weighted by molar-refractivity contribution is 5.54. The van der Waals surface area contributed by atoms with Crippen molar-refractivity contribution in [3.8, 4) is 0 Å². The van der Waals surface area contributed by atoms with Crippen LogP contribution in [0.15, 0.2) is 24.3 Å². The average Bonchev–Trinajstić information content (AvgIpc) is 2.99. The predicted molar refractivity (Wildman–Crippen MR) is 92.0 cm³/mol. The lowest BCUT2D eigenvalue weighted by atomic mass is 10.1. The van der Waals surface area contributed by atoms with Gasteiger partial charge in [0.15, 0.2) is 0 Å². The summed E-state index contributed by atoms with van der Waals surface area (Å²) in [6.45, 7) is 13.5. The van der Waals surface area contributed by atoms with E-state index in [-0.39, 0.29) is 0 Å². The minimum Gasteiger partial charge on any atom is -0.370 e. The first-order valence-electron chi connectivity index (χ1n) is 8.57. The number of hydrogen-bond acceptors (Lipinski definition) is 3. The summed E-state index contributed by atoms with van der Waals surface area (Å²) in [4.78, 5) is 5.17. The van der Waals surface area contributed by atoms with Crippen molar-refractivity contribution >= 4 is 5.69 Å². The molecule has 3 heteroatoms. The first-order chi connectivity index (χ1) is 10.3. The number of para-hydroxylation sites is 1. The van der Waals surface area contributed by atoms with E-state index in [0.717, 1.165) is 32.2 Å². The van der Waals surface area contributed by atoms with Crippen LogP contribution in [-0.4, -0.2) is 43.7 Å². The van der Waals surface area contributed by atoms with Crippen molar-refractivity contribution in [1.82, 2.24) is 10.2 Å². The zero-order chi connectivity index (χ0) is 15.1. The van der Waals surface area contributed by atoms with Crippen molar-refractivity contribution in [3.63, 3.8) is 0 Å². The number of rotatable bonds is 8. The van der Waals surface area contributed by atoms with E-state index < -0.39 is 0 Å². The van der Waals surface area contributed by atoms with E-state index in [4.69, 9.17) is 0 Å². The Hall–Kier alpha value is -1.06. The number of nitrogens with one attached hydrogen (secondary N) is 1. The van der Waals surface area contributed by atoms with Crippen LogP contribution in [-0.2, 0) is 6.54 Å². The molecule has 1 heterocycles. The minimum atomic E-state index is 0.719. The molecule has 0 saturated carbocycles. The second kappa shape index (κ2) is 8.40. The lowest BCUT2D eigenvalue weighted by molar-refractivity contribution is 0.232. The molecule has 3 nitrogen and oxygen atoms in total. The molecule has 1 aromatic rings. The molecule has 1 aliphatic rings. The van der Waals surface area contributed by atoms with Gasteiger partial charge in [-0.25, -0.2) is 0 Å². The van der Waals surface area contributed by atoms with Gasteiger partial charge in [-0.15, -0.1) is 0 Å². The molecule has 118 valence electrons. The van der Waals surface area contributed by atoms with E-state index >= 15 is 0 Å². The maximum atomic E-state index is 3.53. The molecule has 1 saturated heterocycles. The summed E-state index contributed by atoms with van der Waals surface area (Å²) < 4.78 is 0. The van der Waals surface area contributed by atoms with Gasteiger partial charge in [-0.05, 0) is 44.1 Å². The van der Waals surface area contributed by atoms with E-state index in [2.05, 4.69) is 60.2 Å². The third-order valence-electron chi connectivity index (χ3n) is 4.57. The lowest BCUT2D eigenvalue weighted by Gasteiger charge is -2.27. The van der Waals surface area contributed by atoms with Crippen molar-refractivity contribution < 1.29 is 0 Å². The number of anilines is 1. The molecule has 0 amide bonds. The molecule has 1 N–H and O–H groups in total. The van der Waals surface area contributed by atoms with Crippen LogP contribution in [0.25, 0.3) is 0 Å². The summed E-state index contributed by atoms with van der Waals surface area (Å²) >= 11 is 0. The molecule has 0 spiro atoms. The molecule has 1 aliphatic heterocycles. The van der Waals surface area contributed by atoms with E-state index in [0.29, 0.717) is 0 Å². The smallest absolute Gasteiger partial charge is 0.0412 e. The summed E-state index contributed by atoms with van der Waals surface area (Å²) in [5, 5.41) is 3.53. The minimum absolute atomic E-state index is 0.719. The van der Waals surface area contributed by atoms with Crippen molar-refractivity contribution in [2.75, 3.05) is 37.6 Å². The van der Waals surface area contributed by atoms with Gasteiger partial charge in [0, 0.05) is 31.4 Å². The van der Waals surface area contributed by atoms with Crippen molar-refractivity contribution in [2.45, 2.75) is 46.2 Å². The number of likely N-dealkylation sites (N-methyl/N-ethyl adjacent to an activating group) is 1. The molecule has 1 aromatic carbocycles. The van der Waals surface area contributed by atoms with Crippen LogP contribution >= 0.6 is 0 Å². The lowest BCUT2D eigenvalue weighted by Crippen LogP contribution is -2.37. The first-order valence-corrected chi connectivity index (χ1v) is 8.57. The predicted octanol–water partition coefficient (Wildman–Crippen LogP) is 3.11. The van der Waals surface area contributed by atoms with E-state index in [1.165, 1.54) is 37.2 Å². The number of nitrogens with zero attached hydrogens (tertiary/aromatic N) is 2. The van der Waals surface area contributed by atoms with Gasteiger partial charge in [-0.1, -0.05) is 39.0 Å². The molecular formula is C18H31N3. The van der Waals surface area contributed by atoms with Gasteiger partial charge in [-0.2, -0.15) is 0 Å². The fourth-order valence-electron chi connectivity index (χ4n) is 3.37. The molecule has 0 aliphatic carbocycles.